The Morgan fingerprint density at radius 3 is 1.59 bits per heavy atom. The van der Waals surface area contributed by atoms with E-state index in [2.05, 4.69) is 6.58 Å². The Bertz CT molecular complexity index is 1280. The molecule has 1 aliphatic heterocycles. The van der Waals surface area contributed by atoms with Gasteiger partial charge in [-0.05, 0) is 49.2 Å². The van der Waals surface area contributed by atoms with E-state index in [0.717, 1.165) is 0 Å². The molecule has 1 heterocycles. The minimum atomic E-state index is -1.39. The molecule has 0 spiro atoms. The molecule has 5 atom stereocenters. The summed E-state index contributed by atoms with van der Waals surface area (Å²) in [7, 11) is 0. The second-order valence-electron chi connectivity index (χ2n) is 9.24. The predicted octanol–water partition coefficient (Wildman–Crippen LogP) is 4.36. The van der Waals surface area contributed by atoms with Gasteiger partial charge in [0.15, 0.2) is 24.6 Å². The Kier molecular flexibility index (Phi) is 10.8. The fourth-order valence-electron chi connectivity index (χ4n) is 4.29. The van der Waals surface area contributed by atoms with Crippen molar-refractivity contribution in [1.82, 2.24) is 0 Å². The number of aliphatic hydroxyl groups excluding tert-OH is 1. The van der Waals surface area contributed by atoms with Crippen LogP contribution in [-0.4, -0.2) is 66.9 Å². The van der Waals surface area contributed by atoms with Crippen molar-refractivity contribution in [3.05, 3.63) is 120 Å². The number of esters is 3. The maximum atomic E-state index is 13.3. The van der Waals surface area contributed by atoms with Crippen molar-refractivity contribution < 1.29 is 43.2 Å². The highest BCUT2D eigenvalue weighted by Crippen LogP contribution is 2.31. The van der Waals surface area contributed by atoms with Gasteiger partial charge in [0.25, 0.3) is 0 Å². The van der Waals surface area contributed by atoms with E-state index in [0.29, 0.717) is 12.8 Å². The van der Waals surface area contributed by atoms with E-state index in [9.17, 15) is 19.5 Å². The lowest BCUT2D eigenvalue weighted by molar-refractivity contribution is -0.298. The normalized spacial score (nSPS) is 21.8. The van der Waals surface area contributed by atoms with Crippen LogP contribution in [0.15, 0.2) is 104 Å². The van der Waals surface area contributed by atoms with Crippen molar-refractivity contribution in [2.24, 2.45) is 0 Å². The lowest BCUT2D eigenvalue weighted by atomic mass is 9.97. The Labute approximate surface area is 238 Å². The van der Waals surface area contributed by atoms with E-state index < -0.39 is 55.2 Å². The maximum Gasteiger partial charge on any atom is 0.338 e. The monoisotopic (exact) mass is 560 g/mol. The van der Waals surface area contributed by atoms with Crippen LogP contribution in [0.3, 0.4) is 0 Å². The van der Waals surface area contributed by atoms with E-state index in [1.54, 1.807) is 97.1 Å². The highest BCUT2D eigenvalue weighted by Gasteiger charge is 2.53. The summed E-state index contributed by atoms with van der Waals surface area (Å²) in [5.74, 6) is -2.21. The molecule has 41 heavy (non-hydrogen) atoms. The summed E-state index contributed by atoms with van der Waals surface area (Å²) in [6, 6.07) is 24.6. The molecule has 3 aromatic rings. The maximum absolute atomic E-state index is 13.3. The summed E-state index contributed by atoms with van der Waals surface area (Å²) in [6.07, 6.45) is -3.51. The van der Waals surface area contributed by atoms with Crippen molar-refractivity contribution in [2.75, 3.05) is 13.2 Å². The van der Waals surface area contributed by atoms with Crippen LogP contribution in [-0.2, 0) is 23.7 Å². The second kappa shape index (κ2) is 14.9. The summed E-state index contributed by atoms with van der Waals surface area (Å²) in [4.78, 5) is 39.6. The Morgan fingerprint density at radius 2 is 1.15 bits per heavy atom. The topological polar surface area (TPSA) is 118 Å². The van der Waals surface area contributed by atoms with Crippen molar-refractivity contribution in [3.8, 4) is 0 Å². The lowest BCUT2D eigenvalue weighted by Crippen LogP contribution is -2.63. The Balaban J connectivity index is 1.70. The number of unbranched alkanes of at least 4 members (excludes halogenated alkanes) is 1. The molecular weight excluding hydrogens is 528 g/mol. The highest BCUT2D eigenvalue weighted by molar-refractivity contribution is 5.91. The van der Waals surface area contributed by atoms with E-state index in [-0.39, 0.29) is 23.3 Å². The molecule has 1 unspecified atom stereocenters. The van der Waals surface area contributed by atoms with Crippen LogP contribution in [0, 0.1) is 0 Å². The van der Waals surface area contributed by atoms with Gasteiger partial charge in [0.1, 0.15) is 6.10 Å². The van der Waals surface area contributed by atoms with E-state index >= 15 is 0 Å². The molecule has 0 radical (unpaired) electrons. The van der Waals surface area contributed by atoms with Gasteiger partial charge in [-0.3, -0.25) is 0 Å². The van der Waals surface area contributed by atoms with E-state index in [1.807, 2.05) is 0 Å². The minimum absolute atomic E-state index is 0.196. The van der Waals surface area contributed by atoms with Crippen LogP contribution in [0.2, 0.25) is 0 Å². The molecule has 1 fully saturated rings. The summed E-state index contributed by atoms with van der Waals surface area (Å²) < 4.78 is 29.4. The molecule has 4 rings (SSSR count). The largest absolute Gasteiger partial charge is 0.452 e. The molecule has 0 aliphatic carbocycles. The SMILES string of the molecule is C=CCCCOC1O[C@@H](CO)[C@H](OC(=O)c2ccccc2)[C@@H](OC(=O)c2ccccc2)[C@H]1OC(=O)c1ccccc1. The molecule has 1 saturated heterocycles. The number of carbonyl (C=O) groups is 3. The van der Waals surface area contributed by atoms with Gasteiger partial charge in [-0.25, -0.2) is 14.4 Å². The van der Waals surface area contributed by atoms with Gasteiger partial charge in [-0.15, -0.1) is 6.58 Å². The molecule has 9 heteroatoms. The number of benzene rings is 3. The predicted molar refractivity (Wildman–Crippen MR) is 148 cm³/mol. The molecule has 0 aromatic heterocycles. The molecule has 1 aliphatic rings. The number of ether oxygens (including phenoxy) is 5. The quantitative estimate of drug-likeness (QED) is 0.149. The Hall–Kier alpha value is -4.31. The van der Waals surface area contributed by atoms with Crippen LogP contribution in [0.25, 0.3) is 0 Å². The van der Waals surface area contributed by atoms with Gasteiger partial charge in [0.2, 0.25) is 0 Å². The number of aliphatic hydroxyl groups is 1. The fraction of sp³-hybridized carbons (Fsp3) is 0.281. The van der Waals surface area contributed by atoms with Gasteiger partial charge in [-0.2, -0.15) is 0 Å². The first-order valence-corrected chi connectivity index (χ1v) is 13.3. The Morgan fingerprint density at radius 1 is 0.707 bits per heavy atom. The summed E-state index contributed by atoms with van der Waals surface area (Å²) in [6.45, 7) is 3.30. The smallest absolute Gasteiger partial charge is 0.338 e. The molecule has 9 nitrogen and oxygen atoms in total. The van der Waals surface area contributed by atoms with Gasteiger partial charge < -0.3 is 28.8 Å². The zero-order valence-corrected chi connectivity index (χ0v) is 22.4. The average Bonchev–Trinajstić information content (AvgIpc) is 3.02. The van der Waals surface area contributed by atoms with Crippen LogP contribution < -0.4 is 0 Å². The standard InChI is InChI=1S/C32H32O9/c1-2-3-13-20-37-32-28(41-31(36)24-18-11-6-12-19-24)27(40-30(35)23-16-9-5-10-17-23)26(25(21-33)38-32)39-29(34)22-14-7-4-8-15-22/h2,4-12,14-19,25-28,32-33H,1,3,13,20-21H2/t25-,26-,27+,28+,32?/m0/s1. The zero-order chi connectivity index (χ0) is 29.0. The van der Waals surface area contributed by atoms with Gasteiger partial charge in [0, 0.05) is 0 Å². The van der Waals surface area contributed by atoms with Crippen molar-refractivity contribution in [3.63, 3.8) is 0 Å². The zero-order valence-electron chi connectivity index (χ0n) is 22.4. The minimum Gasteiger partial charge on any atom is -0.452 e. The molecule has 0 amide bonds. The average molecular weight is 561 g/mol. The first-order chi connectivity index (χ1) is 20.0. The van der Waals surface area contributed by atoms with Gasteiger partial charge >= 0.3 is 17.9 Å². The number of rotatable bonds is 12. The van der Waals surface area contributed by atoms with Gasteiger partial charge in [0.05, 0.1) is 29.9 Å². The molecule has 214 valence electrons. The third kappa shape index (κ3) is 7.88. The van der Waals surface area contributed by atoms with E-state index in [1.165, 1.54) is 0 Å². The van der Waals surface area contributed by atoms with Crippen LogP contribution in [0.1, 0.15) is 43.9 Å². The third-order valence-electron chi connectivity index (χ3n) is 6.36. The number of allylic oxidation sites excluding steroid dienone is 1. The summed E-state index contributed by atoms with van der Waals surface area (Å²) in [5.41, 5.74) is 0.704. The lowest BCUT2D eigenvalue weighted by Gasteiger charge is -2.44. The summed E-state index contributed by atoms with van der Waals surface area (Å²) in [5, 5.41) is 10.3. The first-order valence-electron chi connectivity index (χ1n) is 13.3. The van der Waals surface area contributed by atoms with Crippen molar-refractivity contribution in [1.29, 1.82) is 0 Å². The third-order valence-corrected chi connectivity index (χ3v) is 6.36. The first kappa shape index (κ1) is 29.7. The second-order valence-corrected chi connectivity index (χ2v) is 9.24. The highest BCUT2D eigenvalue weighted by atomic mass is 16.7. The number of carbonyl (C=O) groups excluding carboxylic acids is 3. The van der Waals surface area contributed by atoms with Crippen molar-refractivity contribution >= 4 is 17.9 Å². The molecule has 0 saturated carbocycles. The van der Waals surface area contributed by atoms with Crippen LogP contribution in [0.4, 0.5) is 0 Å². The van der Waals surface area contributed by atoms with Crippen LogP contribution >= 0.6 is 0 Å². The van der Waals surface area contributed by atoms with Crippen molar-refractivity contribution in [2.45, 2.75) is 43.5 Å². The van der Waals surface area contributed by atoms with E-state index in [4.69, 9.17) is 23.7 Å². The molecule has 0 bridgehead atoms. The van der Waals surface area contributed by atoms with Crippen LogP contribution in [0.5, 0.6) is 0 Å². The summed E-state index contributed by atoms with van der Waals surface area (Å²) >= 11 is 0. The number of hydrogen-bond acceptors (Lipinski definition) is 9. The number of hydrogen-bond donors (Lipinski definition) is 1. The molecule has 1 N–H and O–H groups in total. The molecular formula is C32H32O9. The van der Waals surface area contributed by atoms with Gasteiger partial charge in [-0.1, -0.05) is 60.7 Å². The fourth-order valence-corrected chi connectivity index (χ4v) is 4.29. The molecule has 3 aromatic carbocycles.